The van der Waals surface area contributed by atoms with Crippen molar-refractivity contribution in [3.05, 3.63) is 29.6 Å². The third-order valence-corrected chi connectivity index (χ3v) is 4.94. The van der Waals surface area contributed by atoms with Crippen LogP contribution < -0.4 is 0 Å². The number of amides is 1. The molecular formula is C18H25N3O4. The molecule has 1 fully saturated rings. The van der Waals surface area contributed by atoms with Crippen LogP contribution in [0.4, 0.5) is 0 Å². The summed E-state index contributed by atoms with van der Waals surface area (Å²) in [4.78, 5) is 21.4. The molecule has 0 bridgehead atoms. The van der Waals surface area contributed by atoms with Gasteiger partial charge in [-0.2, -0.15) is 0 Å². The predicted octanol–water partition coefficient (Wildman–Crippen LogP) is 1.12. The van der Waals surface area contributed by atoms with Crippen molar-refractivity contribution in [2.24, 2.45) is 0 Å². The van der Waals surface area contributed by atoms with Gasteiger partial charge in [-0.1, -0.05) is 13.0 Å². The molecule has 25 heavy (non-hydrogen) atoms. The molecule has 1 amide bonds. The summed E-state index contributed by atoms with van der Waals surface area (Å²) in [6.45, 7) is 4.55. The third-order valence-electron chi connectivity index (χ3n) is 4.94. The molecule has 7 nitrogen and oxygen atoms in total. The van der Waals surface area contributed by atoms with Gasteiger partial charge in [0.25, 0.3) is 0 Å². The van der Waals surface area contributed by atoms with Gasteiger partial charge in [-0.3, -0.25) is 4.79 Å². The maximum Gasteiger partial charge on any atom is 0.248 e. The number of aliphatic hydroxyl groups excluding tert-OH is 1. The van der Waals surface area contributed by atoms with Crippen LogP contribution in [0.5, 0.6) is 0 Å². The Labute approximate surface area is 146 Å². The van der Waals surface area contributed by atoms with Crippen LogP contribution in [-0.2, 0) is 16.1 Å². The minimum Gasteiger partial charge on any atom is -0.388 e. The van der Waals surface area contributed by atoms with Crippen molar-refractivity contribution in [2.45, 2.75) is 45.0 Å². The zero-order valence-electron chi connectivity index (χ0n) is 14.7. The second kappa shape index (κ2) is 7.11. The molecule has 0 spiro atoms. The molecule has 0 radical (unpaired) electrons. The maximum absolute atomic E-state index is 12.2. The molecule has 0 aliphatic carbocycles. The SMILES string of the molecule is CC[C@@]1(O)CCN(C(=O)COCc2nc3ccc(C)cc3[nH]2)C[C@H]1O. The molecule has 2 heterocycles. The average molecular weight is 347 g/mol. The standard InChI is InChI=1S/C18H25N3O4/c1-3-18(24)6-7-21(9-15(18)22)17(23)11-25-10-16-19-13-5-4-12(2)8-14(13)20-16/h4-5,8,15,22,24H,3,6-7,9-11H2,1-2H3,(H,19,20)/t15-,18-/m1/s1. The lowest BCUT2D eigenvalue weighted by molar-refractivity contribution is -0.154. The first-order chi connectivity index (χ1) is 11.9. The van der Waals surface area contributed by atoms with E-state index in [1.54, 1.807) is 0 Å². The number of H-pyrrole nitrogens is 1. The van der Waals surface area contributed by atoms with Crippen molar-refractivity contribution in [1.82, 2.24) is 14.9 Å². The molecule has 0 unspecified atom stereocenters. The van der Waals surface area contributed by atoms with Crippen LogP contribution in [0, 0.1) is 6.92 Å². The predicted molar refractivity (Wildman–Crippen MR) is 92.9 cm³/mol. The molecule has 1 aliphatic heterocycles. The van der Waals surface area contributed by atoms with Gasteiger partial charge in [-0.25, -0.2) is 4.98 Å². The van der Waals surface area contributed by atoms with E-state index >= 15 is 0 Å². The third kappa shape index (κ3) is 3.84. The highest BCUT2D eigenvalue weighted by molar-refractivity contribution is 5.78. The molecule has 0 saturated carbocycles. The number of hydrogen-bond donors (Lipinski definition) is 3. The van der Waals surface area contributed by atoms with Gasteiger partial charge in [0.15, 0.2) is 0 Å². The van der Waals surface area contributed by atoms with Gasteiger partial charge in [0.2, 0.25) is 5.91 Å². The fourth-order valence-electron chi connectivity index (χ4n) is 3.18. The average Bonchev–Trinajstić information content (AvgIpc) is 2.99. The lowest BCUT2D eigenvalue weighted by atomic mass is 9.86. The number of aromatic nitrogens is 2. The molecule has 7 heteroatoms. The lowest BCUT2D eigenvalue weighted by Crippen LogP contribution is -2.57. The second-order valence-corrected chi connectivity index (χ2v) is 6.76. The fraction of sp³-hybridized carbons (Fsp3) is 0.556. The molecule has 136 valence electrons. The molecule has 1 saturated heterocycles. The Morgan fingerprint density at radius 3 is 3.04 bits per heavy atom. The zero-order chi connectivity index (χ0) is 18.0. The first-order valence-corrected chi connectivity index (χ1v) is 8.62. The Morgan fingerprint density at radius 1 is 1.52 bits per heavy atom. The van der Waals surface area contributed by atoms with Crippen LogP contribution in [0.25, 0.3) is 11.0 Å². The Morgan fingerprint density at radius 2 is 2.32 bits per heavy atom. The highest BCUT2D eigenvalue weighted by atomic mass is 16.5. The van der Waals surface area contributed by atoms with Crippen molar-refractivity contribution < 1.29 is 19.7 Å². The number of β-amino-alcohol motifs (C(OH)–C–C–N with tert-alkyl or cyclic N) is 1. The molecule has 2 atom stereocenters. The number of imidazole rings is 1. The van der Waals surface area contributed by atoms with Crippen molar-refractivity contribution >= 4 is 16.9 Å². The van der Waals surface area contributed by atoms with Crippen molar-refractivity contribution in [3.8, 4) is 0 Å². The van der Waals surface area contributed by atoms with Gasteiger partial charge >= 0.3 is 0 Å². The number of carbonyl (C=O) groups excluding carboxylic acids is 1. The van der Waals surface area contributed by atoms with E-state index in [0.717, 1.165) is 16.6 Å². The Bertz CT molecular complexity index is 760. The molecule has 1 aliphatic rings. The number of piperidine rings is 1. The van der Waals surface area contributed by atoms with Crippen LogP contribution >= 0.6 is 0 Å². The molecular weight excluding hydrogens is 322 g/mol. The Hall–Kier alpha value is -1.96. The van der Waals surface area contributed by atoms with Gasteiger partial charge < -0.3 is 24.8 Å². The number of ether oxygens (including phenoxy) is 1. The second-order valence-electron chi connectivity index (χ2n) is 6.76. The fourth-order valence-corrected chi connectivity index (χ4v) is 3.18. The number of nitrogens with one attached hydrogen (secondary N) is 1. The van der Waals surface area contributed by atoms with E-state index in [1.165, 1.54) is 4.90 Å². The van der Waals surface area contributed by atoms with Gasteiger partial charge in [-0.05, 0) is 37.5 Å². The summed E-state index contributed by atoms with van der Waals surface area (Å²) >= 11 is 0. The highest BCUT2D eigenvalue weighted by Gasteiger charge is 2.40. The number of aromatic amines is 1. The van der Waals surface area contributed by atoms with Crippen LogP contribution in [0.15, 0.2) is 18.2 Å². The van der Waals surface area contributed by atoms with E-state index in [9.17, 15) is 15.0 Å². The lowest BCUT2D eigenvalue weighted by Gasteiger charge is -2.41. The molecule has 2 aromatic rings. The normalized spacial score (nSPS) is 24.0. The van der Waals surface area contributed by atoms with Crippen molar-refractivity contribution in [2.75, 3.05) is 19.7 Å². The number of nitrogens with zero attached hydrogens (tertiary/aromatic N) is 2. The zero-order valence-corrected chi connectivity index (χ0v) is 14.7. The van der Waals surface area contributed by atoms with Crippen LogP contribution in [-0.4, -0.2) is 62.4 Å². The van der Waals surface area contributed by atoms with Gasteiger partial charge in [0.1, 0.15) is 25.1 Å². The number of aliphatic hydroxyl groups is 2. The molecule has 3 rings (SSSR count). The number of carbonyl (C=O) groups is 1. The summed E-state index contributed by atoms with van der Waals surface area (Å²) in [6, 6.07) is 5.96. The number of aryl methyl sites for hydroxylation is 1. The Balaban J connectivity index is 1.50. The van der Waals surface area contributed by atoms with Gasteiger partial charge in [-0.15, -0.1) is 0 Å². The van der Waals surface area contributed by atoms with E-state index in [-0.39, 0.29) is 25.7 Å². The van der Waals surface area contributed by atoms with Crippen LogP contribution in [0.2, 0.25) is 0 Å². The molecule has 1 aromatic heterocycles. The molecule has 1 aromatic carbocycles. The van der Waals surface area contributed by atoms with E-state index in [1.807, 2.05) is 32.0 Å². The van der Waals surface area contributed by atoms with Crippen LogP contribution in [0.1, 0.15) is 31.2 Å². The summed E-state index contributed by atoms with van der Waals surface area (Å²) in [5, 5.41) is 20.3. The summed E-state index contributed by atoms with van der Waals surface area (Å²) in [6.07, 6.45) is -0.0776. The quantitative estimate of drug-likeness (QED) is 0.753. The van der Waals surface area contributed by atoms with E-state index in [2.05, 4.69) is 9.97 Å². The number of benzene rings is 1. The van der Waals surface area contributed by atoms with Gasteiger partial charge in [0, 0.05) is 13.1 Å². The van der Waals surface area contributed by atoms with E-state index in [0.29, 0.717) is 25.2 Å². The number of hydrogen-bond acceptors (Lipinski definition) is 5. The number of fused-ring (bicyclic) bond motifs is 1. The van der Waals surface area contributed by atoms with Crippen LogP contribution in [0.3, 0.4) is 0 Å². The topological polar surface area (TPSA) is 98.7 Å². The first-order valence-electron chi connectivity index (χ1n) is 8.62. The largest absolute Gasteiger partial charge is 0.388 e. The number of likely N-dealkylation sites (tertiary alicyclic amines) is 1. The summed E-state index contributed by atoms with van der Waals surface area (Å²) in [7, 11) is 0. The minimum absolute atomic E-state index is 0.0760. The minimum atomic E-state index is -1.09. The summed E-state index contributed by atoms with van der Waals surface area (Å²) in [5.41, 5.74) is 1.87. The van der Waals surface area contributed by atoms with Crippen molar-refractivity contribution in [1.29, 1.82) is 0 Å². The first kappa shape index (κ1) is 17.8. The smallest absolute Gasteiger partial charge is 0.248 e. The molecule has 3 N–H and O–H groups in total. The Kier molecular flexibility index (Phi) is 5.08. The monoisotopic (exact) mass is 347 g/mol. The maximum atomic E-state index is 12.2. The summed E-state index contributed by atoms with van der Waals surface area (Å²) in [5.74, 6) is 0.483. The summed E-state index contributed by atoms with van der Waals surface area (Å²) < 4.78 is 5.48. The highest BCUT2D eigenvalue weighted by Crippen LogP contribution is 2.25. The van der Waals surface area contributed by atoms with E-state index in [4.69, 9.17) is 4.74 Å². The van der Waals surface area contributed by atoms with E-state index < -0.39 is 11.7 Å². The number of rotatable bonds is 5. The van der Waals surface area contributed by atoms with Crippen molar-refractivity contribution in [3.63, 3.8) is 0 Å². The van der Waals surface area contributed by atoms with Gasteiger partial charge in [0.05, 0.1) is 16.6 Å².